The number of carbonyl (C=O) groups excluding carboxylic acids is 1. The quantitative estimate of drug-likeness (QED) is 0.403. The molecule has 0 heterocycles. The van der Waals surface area contributed by atoms with Crippen LogP contribution in [0, 0.1) is 5.92 Å². The SMILES string of the molecule is COC(=O)CC1CCC(=NO)CC1. The molecule has 0 aliphatic heterocycles. The average molecular weight is 185 g/mol. The Bertz CT molecular complexity index is 203. The van der Waals surface area contributed by atoms with Gasteiger partial charge >= 0.3 is 5.97 Å². The Morgan fingerprint density at radius 1 is 1.62 bits per heavy atom. The molecule has 0 spiro atoms. The van der Waals surface area contributed by atoms with Gasteiger partial charge in [-0.3, -0.25) is 4.79 Å². The van der Waals surface area contributed by atoms with Crippen LogP contribution in [0.5, 0.6) is 0 Å². The molecule has 1 saturated carbocycles. The third kappa shape index (κ3) is 3.05. The third-order valence-corrected chi connectivity index (χ3v) is 2.51. The minimum absolute atomic E-state index is 0.144. The monoisotopic (exact) mass is 185 g/mol. The number of hydrogen-bond donors (Lipinski definition) is 1. The molecule has 0 saturated heterocycles. The van der Waals surface area contributed by atoms with E-state index in [-0.39, 0.29) is 5.97 Å². The van der Waals surface area contributed by atoms with Gasteiger partial charge in [0.15, 0.2) is 0 Å². The van der Waals surface area contributed by atoms with Gasteiger partial charge < -0.3 is 9.94 Å². The van der Waals surface area contributed by atoms with Crippen molar-refractivity contribution in [3.63, 3.8) is 0 Å². The fourth-order valence-corrected chi connectivity index (χ4v) is 1.63. The van der Waals surface area contributed by atoms with Crippen LogP contribution in [0.25, 0.3) is 0 Å². The molecular formula is C9H15NO3. The number of oxime groups is 1. The lowest BCUT2D eigenvalue weighted by Gasteiger charge is -2.20. The molecule has 1 rings (SSSR count). The Kier molecular flexibility index (Phi) is 3.73. The van der Waals surface area contributed by atoms with Gasteiger partial charge in [0, 0.05) is 6.42 Å². The first-order chi connectivity index (χ1) is 6.26. The Morgan fingerprint density at radius 3 is 2.69 bits per heavy atom. The molecule has 1 fully saturated rings. The van der Waals surface area contributed by atoms with Crippen LogP contribution in [0.4, 0.5) is 0 Å². The second-order valence-electron chi connectivity index (χ2n) is 3.39. The van der Waals surface area contributed by atoms with E-state index in [1.165, 1.54) is 7.11 Å². The molecule has 0 radical (unpaired) electrons. The highest BCUT2D eigenvalue weighted by Crippen LogP contribution is 2.25. The Hall–Kier alpha value is -1.06. The fourth-order valence-electron chi connectivity index (χ4n) is 1.63. The summed E-state index contributed by atoms with van der Waals surface area (Å²) in [5, 5.41) is 11.7. The third-order valence-electron chi connectivity index (χ3n) is 2.51. The maximum atomic E-state index is 10.9. The van der Waals surface area contributed by atoms with Gasteiger partial charge in [-0.05, 0) is 31.6 Å². The van der Waals surface area contributed by atoms with Crippen molar-refractivity contribution in [2.45, 2.75) is 32.1 Å². The predicted molar refractivity (Wildman–Crippen MR) is 47.8 cm³/mol. The Balaban J connectivity index is 2.29. The highest BCUT2D eigenvalue weighted by molar-refractivity contribution is 5.84. The van der Waals surface area contributed by atoms with Gasteiger partial charge in [-0.25, -0.2) is 0 Å². The zero-order valence-electron chi connectivity index (χ0n) is 7.82. The lowest BCUT2D eigenvalue weighted by atomic mass is 9.86. The molecule has 0 unspecified atom stereocenters. The van der Waals surface area contributed by atoms with E-state index in [9.17, 15) is 4.79 Å². The van der Waals surface area contributed by atoms with Gasteiger partial charge in [0.05, 0.1) is 12.8 Å². The molecule has 4 heteroatoms. The zero-order chi connectivity index (χ0) is 9.68. The molecule has 0 bridgehead atoms. The van der Waals surface area contributed by atoms with E-state index in [4.69, 9.17) is 5.21 Å². The summed E-state index contributed by atoms with van der Waals surface area (Å²) >= 11 is 0. The second-order valence-corrected chi connectivity index (χ2v) is 3.39. The van der Waals surface area contributed by atoms with Gasteiger partial charge in [-0.2, -0.15) is 0 Å². The molecule has 0 atom stereocenters. The fraction of sp³-hybridized carbons (Fsp3) is 0.778. The first-order valence-electron chi connectivity index (χ1n) is 4.53. The van der Waals surface area contributed by atoms with Crippen molar-refractivity contribution in [3.8, 4) is 0 Å². The highest BCUT2D eigenvalue weighted by Gasteiger charge is 2.20. The smallest absolute Gasteiger partial charge is 0.305 e. The molecule has 1 aliphatic carbocycles. The van der Waals surface area contributed by atoms with E-state index in [1.54, 1.807) is 0 Å². The van der Waals surface area contributed by atoms with Crippen LogP contribution >= 0.6 is 0 Å². The number of carbonyl (C=O) groups is 1. The summed E-state index contributed by atoms with van der Waals surface area (Å²) in [7, 11) is 1.41. The van der Waals surface area contributed by atoms with E-state index in [2.05, 4.69) is 9.89 Å². The number of methoxy groups -OCH3 is 1. The molecule has 0 amide bonds. The molecule has 13 heavy (non-hydrogen) atoms. The molecule has 0 aromatic carbocycles. The highest BCUT2D eigenvalue weighted by atomic mass is 16.5. The lowest BCUT2D eigenvalue weighted by Crippen LogP contribution is -2.17. The molecule has 74 valence electrons. The van der Waals surface area contributed by atoms with Gasteiger partial charge in [-0.15, -0.1) is 0 Å². The number of ether oxygens (including phenoxy) is 1. The summed E-state index contributed by atoms with van der Waals surface area (Å²) in [6.45, 7) is 0. The van der Waals surface area contributed by atoms with Crippen molar-refractivity contribution >= 4 is 11.7 Å². The molecule has 1 N–H and O–H groups in total. The Morgan fingerprint density at radius 2 is 2.23 bits per heavy atom. The van der Waals surface area contributed by atoms with Crippen molar-refractivity contribution in [3.05, 3.63) is 0 Å². The first kappa shape index (κ1) is 10.0. The van der Waals surface area contributed by atoms with Crippen LogP contribution in [0.15, 0.2) is 5.16 Å². The first-order valence-corrected chi connectivity index (χ1v) is 4.53. The molecule has 0 aromatic heterocycles. The van der Waals surface area contributed by atoms with E-state index in [1.807, 2.05) is 0 Å². The maximum absolute atomic E-state index is 10.9. The summed E-state index contributed by atoms with van der Waals surface area (Å²) in [5.41, 5.74) is 0.848. The maximum Gasteiger partial charge on any atom is 0.305 e. The van der Waals surface area contributed by atoms with Crippen molar-refractivity contribution in [1.29, 1.82) is 0 Å². The predicted octanol–water partition coefficient (Wildman–Crippen LogP) is 1.57. The van der Waals surface area contributed by atoms with E-state index < -0.39 is 0 Å². The summed E-state index contributed by atoms with van der Waals surface area (Å²) in [4.78, 5) is 10.9. The second kappa shape index (κ2) is 4.84. The van der Waals surface area contributed by atoms with Crippen LogP contribution in [0.3, 0.4) is 0 Å². The normalized spacial score (nSPS) is 22.5. The van der Waals surface area contributed by atoms with Gasteiger partial charge in [0.2, 0.25) is 0 Å². The summed E-state index contributed by atoms with van der Waals surface area (Å²) in [6, 6.07) is 0. The summed E-state index contributed by atoms with van der Waals surface area (Å²) in [6.07, 6.45) is 3.95. The van der Waals surface area contributed by atoms with Crippen LogP contribution in [-0.2, 0) is 9.53 Å². The van der Waals surface area contributed by atoms with Gasteiger partial charge in [-0.1, -0.05) is 5.16 Å². The Labute approximate surface area is 77.6 Å². The van der Waals surface area contributed by atoms with E-state index in [0.717, 1.165) is 31.4 Å². The number of esters is 1. The summed E-state index contributed by atoms with van der Waals surface area (Å²) in [5.74, 6) is 0.257. The topological polar surface area (TPSA) is 58.9 Å². The van der Waals surface area contributed by atoms with E-state index in [0.29, 0.717) is 12.3 Å². The molecule has 4 nitrogen and oxygen atoms in total. The van der Waals surface area contributed by atoms with Crippen LogP contribution in [0.1, 0.15) is 32.1 Å². The molecular weight excluding hydrogens is 170 g/mol. The minimum Gasteiger partial charge on any atom is -0.469 e. The summed E-state index contributed by atoms with van der Waals surface area (Å²) < 4.78 is 4.59. The van der Waals surface area contributed by atoms with Gasteiger partial charge in [0.1, 0.15) is 0 Å². The lowest BCUT2D eigenvalue weighted by molar-refractivity contribution is -0.141. The van der Waals surface area contributed by atoms with E-state index >= 15 is 0 Å². The largest absolute Gasteiger partial charge is 0.469 e. The number of nitrogens with zero attached hydrogens (tertiary/aromatic N) is 1. The van der Waals surface area contributed by atoms with Crippen molar-refractivity contribution < 1.29 is 14.7 Å². The molecule has 0 aromatic rings. The van der Waals surface area contributed by atoms with Crippen LogP contribution < -0.4 is 0 Å². The standard InChI is InChI=1S/C9H15NO3/c1-13-9(11)6-7-2-4-8(10-12)5-3-7/h7,12H,2-6H2,1H3. The van der Waals surface area contributed by atoms with Crippen LogP contribution in [-0.4, -0.2) is 24.0 Å². The molecule has 1 aliphatic rings. The van der Waals surface area contributed by atoms with Gasteiger partial charge in [0.25, 0.3) is 0 Å². The number of hydrogen-bond acceptors (Lipinski definition) is 4. The minimum atomic E-state index is -0.144. The number of rotatable bonds is 2. The van der Waals surface area contributed by atoms with Crippen molar-refractivity contribution in [2.24, 2.45) is 11.1 Å². The van der Waals surface area contributed by atoms with Crippen molar-refractivity contribution in [2.75, 3.05) is 7.11 Å². The zero-order valence-corrected chi connectivity index (χ0v) is 7.82. The average Bonchev–Trinajstić information content (AvgIpc) is 2.19. The van der Waals surface area contributed by atoms with Crippen molar-refractivity contribution in [1.82, 2.24) is 0 Å². The van der Waals surface area contributed by atoms with Crippen LogP contribution in [0.2, 0.25) is 0 Å².